The van der Waals surface area contributed by atoms with Crippen molar-refractivity contribution in [2.75, 3.05) is 37.9 Å². The number of rotatable bonds is 9. The topological polar surface area (TPSA) is 41.6 Å². The average Bonchev–Trinajstić information content (AvgIpc) is 2.63. The molecule has 24 heavy (non-hydrogen) atoms. The molecule has 4 nitrogen and oxygen atoms in total. The van der Waals surface area contributed by atoms with E-state index in [2.05, 4.69) is 22.3 Å². The molecule has 0 atom stereocenters. The normalized spacial score (nSPS) is 10.2. The minimum atomic E-state index is 0.0787. The Morgan fingerprint density at radius 1 is 1.12 bits per heavy atom. The van der Waals surface area contributed by atoms with Crippen molar-refractivity contribution in [3.63, 3.8) is 0 Å². The van der Waals surface area contributed by atoms with Gasteiger partial charge in [0.05, 0.1) is 12.9 Å². The summed E-state index contributed by atoms with van der Waals surface area (Å²) in [5, 5.41) is 2.97. The van der Waals surface area contributed by atoms with Crippen molar-refractivity contribution in [1.82, 2.24) is 5.32 Å². The first-order valence-corrected chi connectivity index (χ1v) is 9.08. The van der Waals surface area contributed by atoms with Gasteiger partial charge in [-0.3, -0.25) is 4.79 Å². The summed E-state index contributed by atoms with van der Waals surface area (Å²) in [5.74, 6) is 2.22. The first-order valence-electron chi connectivity index (χ1n) is 7.92. The molecule has 2 aromatic carbocycles. The number of carbonyl (C=O) groups is 1. The van der Waals surface area contributed by atoms with E-state index in [1.165, 1.54) is 5.56 Å². The minimum absolute atomic E-state index is 0.0787. The molecule has 0 bridgehead atoms. The second kappa shape index (κ2) is 9.88. The van der Waals surface area contributed by atoms with Crippen LogP contribution >= 0.6 is 11.8 Å². The Labute approximate surface area is 148 Å². The lowest BCUT2D eigenvalue weighted by Crippen LogP contribution is -2.33. The summed E-state index contributed by atoms with van der Waals surface area (Å²) in [6, 6.07) is 18.1. The molecule has 1 amide bonds. The van der Waals surface area contributed by atoms with Crippen LogP contribution in [0.15, 0.2) is 54.6 Å². The van der Waals surface area contributed by atoms with Crippen LogP contribution in [0.25, 0.3) is 0 Å². The highest BCUT2D eigenvalue weighted by Gasteiger charge is 2.04. The van der Waals surface area contributed by atoms with Crippen molar-refractivity contribution in [1.29, 1.82) is 0 Å². The number of hydrogen-bond acceptors (Lipinski definition) is 4. The van der Waals surface area contributed by atoms with Gasteiger partial charge in [0, 0.05) is 31.6 Å². The molecule has 0 aliphatic heterocycles. The zero-order valence-electron chi connectivity index (χ0n) is 14.2. The van der Waals surface area contributed by atoms with E-state index in [0.29, 0.717) is 12.3 Å². The molecule has 0 fully saturated rings. The molecule has 0 saturated carbocycles. The Kier molecular flexibility index (Phi) is 7.49. The van der Waals surface area contributed by atoms with Gasteiger partial charge in [-0.05, 0) is 29.8 Å². The van der Waals surface area contributed by atoms with Crippen LogP contribution in [0.4, 0.5) is 5.69 Å². The molecule has 0 aromatic heterocycles. The summed E-state index contributed by atoms with van der Waals surface area (Å²) in [5.41, 5.74) is 2.35. The number of methoxy groups -OCH3 is 1. The van der Waals surface area contributed by atoms with Gasteiger partial charge in [0.2, 0.25) is 5.91 Å². The van der Waals surface area contributed by atoms with Crippen molar-refractivity contribution in [3.8, 4) is 5.75 Å². The van der Waals surface area contributed by atoms with Gasteiger partial charge < -0.3 is 15.0 Å². The Hall–Kier alpha value is -2.14. The van der Waals surface area contributed by atoms with E-state index in [0.717, 1.165) is 23.7 Å². The molecule has 0 saturated heterocycles. The molecular formula is C19H24N2O2S. The summed E-state index contributed by atoms with van der Waals surface area (Å²) in [7, 11) is 3.68. The van der Waals surface area contributed by atoms with Crippen molar-refractivity contribution < 1.29 is 9.53 Å². The SMILES string of the molecule is COc1ccc(CSCC(=O)NCCN(C)c2ccccc2)cc1. The maximum atomic E-state index is 11.9. The highest BCUT2D eigenvalue weighted by Crippen LogP contribution is 2.16. The van der Waals surface area contributed by atoms with Crippen LogP contribution in [0.1, 0.15) is 5.56 Å². The molecule has 0 radical (unpaired) electrons. The molecule has 2 rings (SSSR count). The molecule has 0 unspecified atom stereocenters. The van der Waals surface area contributed by atoms with Gasteiger partial charge in [-0.15, -0.1) is 11.8 Å². The predicted molar refractivity (Wildman–Crippen MR) is 102 cm³/mol. The number of para-hydroxylation sites is 1. The van der Waals surface area contributed by atoms with E-state index < -0.39 is 0 Å². The van der Waals surface area contributed by atoms with Gasteiger partial charge in [0.15, 0.2) is 0 Å². The number of amides is 1. The monoisotopic (exact) mass is 344 g/mol. The summed E-state index contributed by atoms with van der Waals surface area (Å²) in [6.07, 6.45) is 0. The predicted octanol–water partition coefficient (Wildman–Crippen LogP) is 3.18. The third-order valence-electron chi connectivity index (χ3n) is 3.63. The molecule has 5 heteroatoms. The molecule has 128 valence electrons. The number of nitrogens with one attached hydrogen (secondary N) is 1. The Morgan fingerprint density at radius 3 is 2.50 bits per heavy atom. The molecule has 0 spiro atoms. The maximum absolute atomic E-state index is 11.9. The highest BCUT2D eigenvalue weighted by atomic mass is 32.2. The van der Waals surface area contributed by atoms with Crippen molar-refractivity contribution in [3.05, 3.63) is 60.2 Å². The number of thioether (sulfide) groups is 1. The third kappa shape index (κ3) is 6.16. The van der Waals surface area contributed by atoms with Gasteiger partial charge in [0.1, 0.15) is 5.75 Å². The van der Waals surface area contributed by atoms with Crippen LogP contribution in [0, 0.1) is 0 Å². The van der Waals surface area contributed by atoms with Gasteiger partial charge in [-0.1, -0.05) is 30.3 Å². The van der Waals surface area contributed by atoms with Crippen LogP contribution in [0.2, 0.25) is 0 Å². The number of likely N-dealkylation sites (N-methyl/N-ethyl adjacent to an activating group) is 1. The van der Waals surface area contributed by atoms with E-state index in [1.807, 2.05) is 49.5 Å². The number of hydrogen-bond donors (Lipinski definition) is 1. The summed E-state index contributed by atoms with van der Waals surface area (Å²) in [4.78, 5) is 14.0. The lowest BCUT2D eigenvalue weighted by atomic mass is 10.2. The number of nitrogens with zero attached hydrogens (tertiary/aromatic N) is 1. The number of carbonyl (C=O) groups excluding carboxylic acids is 1. The molecular weight excluding hydrogens is 320 g/mol. The zero-order chi connectivity index (χ0) is 17.2. The fourth-order valence-corrected chi connectivity index (χ4v) is 3.03. The van der Waals surface area contributed by atoms with Crippen LogP contribution in [0.5, 0.6) is 5.75 Å². The van der Waals surface area contributed by atoms with E-state index in [1.54, 1.807) is 18.9 Å². The first-order chi connectivity index (χ1) is 11.7. The van der Waals surface area contributed by atoms with E-state index in [9.17, 15) is 4.79 Å². The van der Waals surface area contributed by atoms with E-state index in [-0.39, 0.29) is 5.91 Å². The molecule has 0 heterocycles. The molecule has 2 aromatic rings. The van der Waals surface area contributed by atoms with Crippen molar-refractivity contribution in [2.24, 2.45) is 0 Å². The summed E-state index contributed by atoms with van der Waals surface area (Å²) < 4.78 is 5.13. The van der Waals surface area contributed by atoms with Gasteiger partial charge in [-0.25, -0.2) is 0 Å². The van der Waals surface area contributed by atoms with Gasteiger partial charge in [-0.2, -0.15) is 0 Å². The van der Waals surface area contributed by atoms with Crippen LogP contribution < -0.4 is 15.0 Å². The number of anilines is 1. The van der Waals surface area contributed by atoms with Crippen LogP contribution in [0.3, 0.4) is 0 Å². The zero-order valence-corrected chi connectivity index (χ0v) is 15.0. The minimum Gasteiger partial charge on any atom is -0.497 e. The van der Waals surface area contributed by atoms with Crippen molar-refractivity contribution in [2.45, 2.75) is 5.75 Å². The lowest BCUT2D eigenvalue weighted by molar-refractivity contribution is -0.118. The fourth-order valence-electron chi connectivity index (χ4n) is 2.21. The third-order valence-corrected chi connectivity index (χ3v) is 4.63. The second-order valence-corrected chi connectivity index (χ2v) is 6.43. The molecule has 0 aliphatic carbocycles. The van der Waals surface area contributed by atoms with E-state index in [4.69, 9.17) is 4.74 Å². The standard InChI is InChI=1S/C19H24N2O2S/c1-21(17-6-4-3-5-7-17)13-12-20-19(22)15-24-14-16-8-10-18(23-2)11-9-16/h3-11H,12-15H2,1-2H3,(H,20,22). The maximum Gasteiger partial charge on any atom is 0.230 e. The van der Waals surface area contributed by atoms with Crippen LogP contribution in [-0.4, -0.2) is 38.9 Å². The second-order valence-electron chi connectivity index (χ2n) is 5.45. The summed E-state index contributed by atoms with van der Waals surface area (Å²) >= 11 is 1.62. The molecule has 0 aliphatic rings. The Bertz CT molecular complexity index is 617. The van der Waals surface area contributed by atoms with Crippen molar-refractivity contribution >= 4 is 23.4 Å². The quantitative estimate of drug-likeness (QED) is 0.759. The number of ether oxygens (including phenoxy) is 1. The lowest BCUT2D eigenvalue weighted by Gasteiger charge is -2.19. The average molecular weight is 344 g/mol. The highest BCUT2D eigenvalue weighted by molar-refractivity contribution is 7.99. The Balaban J connectivity index is 1.61. The summed E-state index contributed by atoms with van der Waals surface area (Å²) in [6.45, 7) is 1.44. The van der Waals surface area contributed by atoms with Gasteiger partial charge >= 0.3 is 0 Å². The van der Waals surface area contributed by atoms with Crippen LogP contribution in [-0.2, 0) is 10.5 Å². The Morgan fingerprint density at radius 2 is 1.83 bits per heavy atom. The largest absolute Gasteiger partial charge is 0.497 e. The van der Waals surface area contributed by atoms with Gasteiger partial charge in [0.25, 0.3) is 0 Å². The van der Waals surface area contributed by atoms with E-state index >= 15 is 0 Å². The molecule has 1 N–H and O–H groups in total. The number of benzene rings is 2. The first kappa shape index (κ1) is 18.2. The smallest absolute Gasteiger partial charge is 0.230 e. The fraction of sp³-hybridized carbons (Fsp3) is 0.316.